The Hall–Kier alpha value is -3.65. The van der Waals surface area contributed by atoms with Crippen LogP contribution in [0.1, 0.15) is 44.7 Å². The summed E-state index contributed by atoms with van der Waals surface area (Å²) in [6.45, 7) is 7.50. The molecule has 0 heterocycles. The zero-order chi connectivity index (χ0) is 28.4. The fourth-order valence-corrected chi connectivity index (χ4v) is 5.80. The van der Waals surface area contributed by atoms with Crippen molar-refractivity contribution in [1.29, 1.82) is 0 Å². The molecule has 0 bridgehead atoms. The molecule has 3 rings (SSSR count). The van der Waals surface area contributed by atoms with Gasteiger partial charge in [0.1, 0.15) is 12.6 Å². The third kappa shape index (κ3) is 7.93. The van der Waals surface area contributed by atoms with E-state index in [2.05, 4.69) is 5.32 Å². The van der Waals surface area contributed by atoms with Crippen molar-refractivity contribution in [3.8, 4) is 0 Å². The minimum absolute atomic E-state index is 0.0418. The summed E-state index contributed by atoms with van der Waals surface area (Å²) in [6, 6.07) is 24.1. The van der Waals surface area contributed by atoms with Crippen LogP contribution in [-0.4, -0.2) is 50.3 Å². The van der Waals surface area contributed by atoms with Crippen LogP contribution in [0.3, 0.4) is 0 Å². The molecule has 8 heteroatoms. The first-order valence-electron chi connectivity index (χ1n) is 13.5. The van der Waals surface area contributed by atoms with Crippen LogP contribution in [0.2, 0.25) is 0 Å². The van der Waals surface area contributed by atoms with Gasteiger partial charge < -0.3 is 10.2 Å². The molecule has 0 aliphatic carbocycles. The highest BCUT2D eigenvalue weighted by Crippen LogP contribution is 2.25. The summed E-state index contributed by atoms with van der Waals surface area (Å²) < 4.78 is 28.8. The lowest BCUT2D eigenvalue weighted by molar-refractivity contribution is -0.139. The first kappa shape index (κ1) is 29.9. The second-order valence-electron chi connectivity index (χ2n) is 9.73. The lowest BCUT2D eigenvalue weighted by Crippen LogP contribution is -2.54. The molecule has 0 radical (unpaired) electrons. The van der Waals surface area contributed by atoms with Crippen LogP contribution in [0.4, 0.5) is 5.69 Å². The monoisotopic (exact) mass is 549 g/mol. The minimum atomic E-state index is -4.06. The number of carbonyl (C=O) groups is 2. The van der Waals surface area contributed by atoms with Crippen molar-refractivity contribution in [1.82, 2.24) is 10.2 Å². The molecule has 0 fully saturated rings. The number of rotatable bonds is 13. The predicted octanol–water partition coefficient (Wildman–Crippen LogP) is 4.95. The van der Waals surface area contributed by atoms with Crippen LogP contribution in [0.25, 0.3) is 0 Å². The summed E-state index contributed by atoms with van der Waals surface area (Å²) in [4.78, 5) is 28.9. The summed E-state index contributed by atoms with van der Waals surface area (Å²) in [6.07, 6.45) is 1.70. The Balaban J connectivity index is 1.99. The van der Waals surface area contributed by atoms with Gasteiger partial charge in [0.15, 0.2) is 0 Å². The van der Waals surface area contributed by atoms with E-state index in [1.54, 1.807) is 36.4 Å². The third-order valence-electron chi connectivity index (χ3n) is 6.77. The molecule has 0 aromatic heterocycles. The molecule has 208 valence electrons. The van der Waals surface area contributed by atoms with Gasteiger partial charge in [-0.2, -0.15) is 0 Å². The van der Waals surface area contributed by atoms with E-state index in [1.165, 1.54) is 17.0 Å². The van der Waals surface area contributed by atoms with Gasteiger partial charge in [-0.1, -0.05) is 74.5 Å². The van der Waals surface area contributed by atoms with Crippen molar-refractivity contribution >= 4 is 27.5 Å². The van der Waals surface area contributed by atoms with E-state index in [-0.39, 0.29) is 23.4 Å². The molecule has 2 amide bonds. The van der Waals surface area contributed by atoms with Gasteiger partial charge in [-0.15, -0.1) is 0 Å². The maximum Gasteiger partial charge on any atom is 0.264 e. The van der Waals surface area contributed by atoms with E-state index in [1.807, 2.05) is 64.1 Å². The molecule has 7 nitrogen and oxygen atoms in total. The number of anilines is 1. The lowest BCUT2D eigenvalue weighted by atomic mass is 10.1. The van der Waals surface area contributed by atoms with E-state index in [0.29, 0.717) is 18.5 Å². The Bertz CT molecular complexity index is 1330. The largest absolute Gasteiger partial charge is 0.352 e. The summed E-state index contributed by atoms with van der Waals surface area (Å²) in [7, 11) is -4.06. The van der Waals surface area contributed by atoms with E-state index >= 15 is 0 Å². The Morgan fingerprint density at radius 2 is 1.51 bits per heavy atom. The van der Waals surface area contributed by atoms with Crippen LogP contribution in [-0.2, 0) is 26.0 Å². The molecule has 0 aliphatic heterocycles. The minimum Gasteiger partial charge on any atom is -0.352 e. The number of carbonyl (C=O) groups excluding carboxylic acids is 2. The van der Waals surface area contributed by atoms with Gasteiger partial charge in [0.2, 0.25) is 11.8 Å². The molecule has 3 aromatic rings. The highest BCUT2D eigenvalue weighted by molar-refractivity contribution is 7.92. The van der Waals surface area contributed by atoms with Crippen molar-refractivity contribution in [2.75, 3.05) is 17.4 Å². The lowest BCUT2D eigenvalue weighted by Gasteiger charge is -2.33. The van der Waals surface area contributed by atoms with E-state index in [0.717, 1.165) is 21.9 Å². The first-order valence-corrected chi connectivity index (χ1v) is 14.9. The molecule has 3 aromatic carbocycles. The normalized spacial score (nSPS) is 12.8. The SMILES string of the molecule is CC[C@@H](C)NC(=O)[C@H](CC)N(CCc1ccccc1)C(=O)CN(c1cccc(C)c1)S(=O)(=O)c1ccccc1. The quantitative estimate of drug-likeness (QED) is 0.327. The zero-order valence-electron chi connectivity index (χ0n) is 23.2. The smallest absolute Gasteiger partial charge is 0.264 e. The van der Waals surface area contributed by atoms with Gasteiger partial charge in [0, 0.05) is 12.6 Å². The highest BCUT2D eigenvalue weighted by Gasteiger charge is 2.33. The molecule has 0 aliphatic rings. The number of aryl methyl sites for hydroxylation is 1. The summed E-state index contributed by atoms with van der Waals surface area (Å²) >= 11 is 0. The Kier molecular flexibility index (Phi) is 10.7. The van der Waals surface area contributed by atoms with Crippen LogP contribution in [0.15, 0.2) is 89.8 Å². The number of sulfonamides is 1. The average molecular weight is 550 g/mol. The van der Waals surface area contributed by atoms with Gasteiger partial charge in [-0.3, -0.25) is 13.9 Å². The van der Waals surface area contributed by atoms with Crippen molar-refractivity contribution in [3.05, 3.63) is 96.1 Å². The second-order valence-corrected chi connectivity index (χ2v) is 11.6. The number of hydrogen-bond donors (Lipinski definition) is 1. The molecule has 2 atom stereocenters. The van der Waals surface area contributed by atoms with Crippen molar-refractivity contribution in [3.63, 3.8) is 0 Å². The van der Waals surface area contributed by atoms with Crippen LogP contribution < -0.4 is 9.62 Å². The first-order chi connectivity index (χ1) is 18.7. The number of nitrogens with one attached hydrogen (secondary N) is 1. The van der Waals surface area contributed by atoms with Crippen LogP contribution in [0.5, 0.6) is 0 Å². The molecule has 0 unspecified atom stereocenters. The molecular weight excluding hydrogens is 510 g/mol. The van der Waals surface area contributed by atoms with Gasteiger partial charge in [-0.05, 0) is 68.5 Å². The Morgan fingerprint density at radius 3 is 2.10 bits per heavy atom. The summed E-state index contributed by atoms with van der Waals surface area (Å²) in [5.41, 5.74) is 2.29. The molecule has 39 heavy (non-hydrogen) atoms. The van der Waals surface area contributed by atoms with Crippen molar-refractivity contribution < 1.29 is 18.0 Å². The van der Waals surface area contributed by atoms with Crippen LogP contribution in [0, 0.1) is 6.92 Å². The van der Waals surface area contributed by atoms with Gasteiger partial charge in [0.05, 0.1) is 10.6 Å². The Labute approximate surface area is 232 Å². The maximum absolute atomic E-state index is 14.0. The summed E-state index contributed by atoms with van der Waals surface area (Å²) in [5, 5.41) is 3.00. The Morgan fingerprint density at radius 1 is 0.872 bits per heavy atom. The van der Waals surface area contributed by atoms with E-state index < -0.39 is 28.5 Å². The fraction of sp³-hybridized carbons (Fsp3) is 0.355. The molecule has 1 N–H and O–H groups in total. The second kappa shape index (κ2) is 13.9. The highest BCUT2D eigenvalue weighted by atomic mass is 32.2. The third-order valence-corrected chi connectivity index (χ3v) is 8.56. The number of hydrogen-bond acceptors (Lipinski definition) is 4. The number of benzene rings is 3. The van der Waals surface area contributed by atoms with Gasteiger partial charge in [0.25, 0.3) is 10.0 Å². The standard InChI is InChI=1S/C31H39N3O4S/c1-5-25(4)32-31(36)29(6-2)33(21-20-26-15-9-7-10-16-26)30(35)23-34(27-17-13-14-24(3)22-27)39(37,38)28-18-11-8-12-19-28/h7-19,22,25,29H,5-6,20-21,23H2,1-4H3,(H,32,36)/t25-,29+/m1/s1. The maximum atomic E-state index is 14.0. The van der Waals surface area contributed by atoms with E-state index in [9.17, 15) is 18.0 Å². The number of amides is 2. The van der Waals surface area contributed by atoms with Crippen molar-refractivity contribution in [2.45, 2.75) is 63.9 Å². The fourth-order valence-electron chi connectivity index (χ4n) is 4.37. The summed E-state index contributed by atoms with van der Waals surface area (Å²) in [5.74, 6) is -0.667. The molecular formula is C31H39N3O4S. The molecule has 0 spiro atoms. The zero-order valence-corrected chi connectivity index (χ0v) is 24.0. The van der Waals surface area contributed by atoms with Crippen LogP contribution >= 0.6 is 0 Å². The topological polar surface area (TPSA) is 86.8 Å². The van der Waals surface area contributed by atoms with Crippen molar-refractivity contribution in [2.24, 2.45) is 0 Å². The average Bonchev–Trinajstić information content (AvgIpc) is 2.94. The molecule has 0 saturated heterocycles. The van der Waals surface area contributed by atoms with Gasteiger partial charge >= 0.3 is 0 Å². The van der Waals surface area contributed by atoms with E-state index in [4.69, 9.17) is 0 Å². The predicted molar refractivity (Wildman–Crippen MR) is 156 cm³/mol. The van der Waals surface area contributed by atoms with Gasteiger partial charge in [-0.25, -0.2) is 8.42 Å². The molecule has 0 saturated carbocycles. The number of nitrogens with zero attached hydrogens (tertiary/aromatic N) is 2.